The van der Waals surface area contributed by atoms with Crippen molar-refractivity contribution in [1.29, 1.82) is 0 Å². The van der Waals surface area contributed by atoms with Gasteiger partial charge >= 0.3 is 0 Å². The topological polar surface area (TPSA) is 177 Å². The van der Waals surface area contributed by atoms with Crippen molar-refractivity contribution >= 4 is 11.7 Å². The summed E-state index contributed by atoms with van der Waals surface area (Å²) in [6.07, 6.45) is 11.5. The zero-order chi connectivity index (χ0) is 24.9. The van der Waals surface area contributed by atoms with Crippen LogP contribution in [-0.2, 0) is 0 Å². The van der Waals surface area contributed by atoms with Crippen molar-refractivity contribution in [2.24, 2.45) is 17.4 Å². The molecule has 0 fully saturated rings. The summed E-state index contributed by atoms with van der Waals surface area (Å²) in [5, 5.41) is 21.2. The largest absolute Gasteiger partial charge is 0.396 e. The summed E-state index contributed by atoms with van der Waals surface area (Å²) in [6, 6.07) is 3.54. The Morgan fingerprint density at radius 2 is 1.73 bits per heavy atom. The lowest BCUT2D eigenvalue weighted by Gasteiger charge is -2.15. The SMILES string of the molecule is CC[C@@H](CO)CCCN[C@@H](CC)CO.NC(=O)c1cnccn1.NCC(=O)c1ccncc1. The standard InChI is InChI=1S/C11H25NO2.C7H8N2O.C5H5N3O/c1-3-10(8-13)6-5-7-12-11(4-2)9-14;8-5-7(10)6-1-3-9-4-2-6;6-5(9)4-3-7-1-2-8-4/h10-14H,3-9H2,1-2H3;1-4H,5,8H2;1-3H,(H2,6,9)/t10-,11+;;/m1../s1. The van der Waals surface area contributed by atoms with Gasteiger partial charge in [-0.25, -0.2) is 4.98 Å². The number of Topliss-reactive ketones (excluding diaryl/α,β-unsaturated/α-hetero) is 1. The Bertz CT molecular complexity index is 727. The smallest absolute Gasteiger partial charge is 0.268 e. The highest BCUT2D eigenvalue weighted by Gasteiger charge is 2.06. The lowest BCUT2D eigenvalue weighted by molar-refractivity contribution is 0.0989. The lowest BCUT2D eigenvalue weighted by atomic mass is 10.0. The van der Waals surface area contributed by atoms with Crippen LogP contribution in [0.3, 0.4) is 0 Å². The fourth-order valence-corrected chi connectivity index (χ4v) is 2.54. The van der Waals surface area contributed by atoms with E-state index in [9.17, 15) is 9.59 Å². The molecule has 2 atom stereocenters. The molecule has 10 heteroatoms. The number of aliphatic hydroxyl groups excluding tert-OH is 2. The molecular weight excluding hydrogens is 424 g/mol. The van der Waals surface area contributed by atoms with Crippen LogP contribution in [0.2, 0.25) is 0 Å². The molecule has 0 saturated heterocycles. The number of pyridine rings is 1. The Hall–Kier alpha value is -2.79. The van der Waals surface area contributed by atoms with Gasteiger partial charge in [-0.05, 0) is 43.9 Å². The quantitative estimate of drug-likeness (QED) is 0.227. The molecule has 0 radical (unpaired) electrons. The van der Waals surface area contributed by atoms with Crippen LogP contribution in [0.25, 0.3) is 0 Å². The van der Waals surface area contributed by atoms with Crippen LogP contribution < -0.4 is 16.8 Å². The Morgan fingerprint density at radius 1 is 1.03 bits per heavy atom. The summed E-state index contributed by atoms with van der Waals surface area (Å²) in [6.45, 7) is 5.69. The molecule has 0 saturated carbocycles. The van der Waals surface area contributed by atoms with Crippen molar-refractivity contribution in [2.45, 2.75) is 45.6 Å². The van der Waals surface area contributed by atoms with Crippen molar-refractivity contribution in [3.8, 4) is 0 Å². The van der Waals surface area contributed by atoms with Gasteiger partial charge in [0.25, 0.3) is 5.91 Å². The number of nitrogens with zero attached hydrogens (tertiary/aromatic N) is 3. The van der Waals surface area contributed by atoms with Gasteiger partial charge in [-0.2, -0.15) is 0 Å². The van der Waals surface area contributed by atoms with Gasteiger partial charge < -0.3 is 27.0 Å². The number of amides is 1. The summed E-state index contributed by atoms with van der Waals surface area (Å²) >= 11 is 0. The van der Waals surface area contributed by atoms with Gasteiger partial charge in [-0.3, -0.25) is 19.6 Å². The van der Waals surface area contributed by atoms with Crippen molar-refractivity contribution in [1.82, 2.24) is 20.3 Å². The molecule has 2 rings (SSSR count). The van der Waals surface area contributed by atoms with E-state index in [0.717, 1.165) is 32.2 Å². The van der Waals surface area contributed by atoms with Gasteiger partial charge in [0.2, 0.25) is 0 Å². The second-order valence-corrected chi connectivity index (χ2v) is 7.16. The fourth-order valence-electron chi connectivity index (χ4n) is 2.54. The second kappa shape index (κ2) is 19.9. The minimum atomic E-state index is -0.553. The predicted octanol–water partition coefficient (Wildman–Crippen LogP) is 0.944. The number of carbonyl (C=O) groups excluding carboxylic acids is 2. The van der Waals surface area contributed by atoms with Crippen molar-refractivity contribution in [3.63, 3.8) is 0 Å². The first-order valence-electron chi connectivity index (χ1n) is 11.1. The summed E-state index contributed by atoms with van der Waals surface area (Å²) in [5.41, 5.74) is 10.8. The normalized spacial score (nSPS) is 11.8. The van der Waals surface area contributed by atoms with Crippen LogP contribution in [0.4, 0.5) is 0 Å². The number of aliphatic hydroxyl groups is 2. The minimum Gasteiger partial charge on any atom is -0.396 e. The molecule has 0 aliphatic heterocycles. The molecule has 2 aromatic rings. The van der Waals surface area contributed by atoms with Crippen LogP contribution >= 0.6 is 0 Å². The number of hydrogen-bond acceptors (Lipinski definition) is 9. The highest BCUT2D eigenvalue weighted by Crippen LogP contribution is 2.09. The number of ketones is 1. The zero-order valence-electron chi connectivity index (χ0n) is 19.6. The third-order valence-electron chi connectivity index (χ3n) is 4.77. The van der Waals surface area contributed by atoms with Crippen molar-refractivity contribution in [2.75, 3.05) is 26.3 Å². The van der Waals surface area contributed by atoms with Crippen LogP contribution in [0.5, 0.6) is 0 Å². The molecule has 1 amide bonds. The van der Waals surface area contributed by atoms with E-state index in [0.29, 0.717) is 18.1 Å². The average Bonchev–Trinajstić information content (AvgIpc) is 2.87. The molecule has 0 aliphatic carbocycles. The fraction of sp³-hybridized carbons (Fsp3) is 0.522. The summed E-state index contributed by atoms with van der Waals surface area (Å²) in [5.74, 6) is -0.156. The van der Waals surface area contributed by atoms with E-state index in [-0.39, 0.29) is 30.7 Å². The molecule has 10 nitrogen and oxygen atoms in total. The van der Waals surface area contributed by atoms with Gasteiger partial charge in [0.05, 0.1) is 19.3 Å². The van der Waals surface area contributed by atoms with Gasteiger partial charge in [-0.15, -0.1) is 0 Å². The van der Waals surface area contributed by atoms with Gasteiger partial charge in [-0.1, -0.05) is 20.3 Å². The molecule has 2 aromatic heterocycles. The maximum Gasteiger partial charge on any atom is 0.268 e. The molecule has 0 spiro atoms. The van der Waals surface area contributed by atoms with E-state index in [2.05, 4.69) is 34.1 Å². The van der Waals surface area contributed by atoms with E-state index in [1.807, 2.05) is 0 Å². The third-order valence-corrected chi connectivity index (χ3v) is 4.77. The number of hydrogen-bond donors (Lipinski definition) is 5. The first-order valence-corrected chi connectivity index (χ1v) is 11.1. The van der Waals surface area contributed by atoms with Crippen LogP contribution in [0.1, 0.15) is 60.4 Å². The monoisotopic (exact) mass is 462 g/mol. The molecule has 7 N–H and O–H groups in total. The molecule has 33 heavy (non-hydrogen) atoms. The highest BCUT2D eigenvalue weighted by molar-refractivity contribution is 5.97. The minimum absolute atomic E-state index is 0.0533. The summed E-state index contributed by atoms with van der Waals surface area (Å²) < 4.78 is 0. The molecule has 2 heterocycles. The van der Waals surface area contributed by atoms with Gasteiger partial charge in [0.15, 0.2) is 5.78 Å². The van der Waals surface area contributed by atoms with E-state index in [1.54, 1.807) is 24.5 Å². The number of aromatic nitrogens is 3. The lowest BCUT2D eigenvalue weighted by Crippen LogP contribution is -2.32. The zero-order valence-corrected chi connectivity index (χ0v) is 19.6. The summed E-state index contributed by atoms with van der Waals surface area (Å²) in [4.78, 5) is 32.2. The van der Waals surface area contributed by atoms with E-state index in [4.69, 9.17) is 21.7 Å². The summed E-state index contributed by atoms with van der Waals surface area (Å²) in [7, 11) is 0. The van der Waals surface area contributed by atoms with E-state index < -0.39 is 5.91 Å². The first-order chi connectivity index (χ1) is 15.9. The highest BCUT2D eigenvalue weighted by atomic mass is 16.3. The van der Waals surface area contributed by atoms with E-state index >= 15 is 0 Å². The Labute approximate surface area is 195 Å². The molecule has 0 unspecified atom stereocenters. The Morgan fingerprint density at radius 3 is 2.15 bits per heavy atom. The molecule has 184 valence electrons. The second-order valence-electron chi connectivity index (χ2n) is 7.16. The van der Waals surface area contributed by atoms with Gasteiger partial charge in [0, 0.05) is 43.0 Å². The molecule has 0 aliphatic rings. The number of primary amides is 1. The van der Waals surface area contributed by atoms with Crippen LogP contribution in [0.15, 0.2) is 43.1 Å². The maximum absolute atomic E-state index is 10.9. The van der Waals surface area contributed by atoms with Gasteiger partial charge in [0.1, 0.15) is 5.69 Å². The number of nitrogens with one attached hydrogen (secondary N) is 1. The van der Waals surface area contributed by atoms with Crippen LogP contribution in [-0.4, -0.2) is 69.2 Å². The molecule has 0 bridgehead atoms. The number of rotatable bonds is 12. The predicted molar refractivity (Wildman–Crippen MR) is 127 cm³/mol. The Balaban J connectivity index is 0.000000478. The average molecular weight is 463 g/mol. The Kier molecular flexibility index (Phi) is 18.2. The van der Waals surface area contributed by atoms with Crippen LogP contribution in [0, 0.1) is 5.92 Å². The van der Waals surface area contributed by atoms with Crippen molar-refractivity contribution < 1.29 is 19.8 Å². The van der Waals surface area contributed by atoms with Crippen molar-refractivity contribution in [3.05, 3.63) is 54.4 Å². The molecule has 0 aromatic carbocycles. The number of nitrogens with two attached hydrogens (primary N) is 2. The molecular formula is C23H38N6O4. The third kappa shape index (κ3) is 14.8. The van der Waals surface area contributed by atoms with E-state index in [1.165, 1.54) is 18.6 Å². The maximum atomic E-state index is 10.9. The number of carbonyl (C=O) groups is 2. The first kappa shape index (κ1) is 30.2.